The number of anilines is 1. The van der Waals surface area contributed by atoms with E-state index in [0.717, 1.165) is 5.76 Å². The second-order valence-corrected chi connectivity index (χ2v) is 4.28. The zero-order valence-electron chi connectivity index (χ0n) is 10.1. The van der Waals surface area contributed by atoms with Crippen LogP contribution in [-0.2, 0) is 4.79 Å². The quantitative estimate of drug-likeness (QED) is 0.862. The molecule has 0 bridgehead atoms. The van der Waals surface area contributed by atoms with Crippen LogP contribution in [0.3, 0.4) is 0 Å². The number of benzene rings is 1. The Morgan fingerprint density at radius 3 is 2.84 bits per heavy atom. The number of carbonyl (C=O) groups is 1. The van der Waals surface area contributed by atoms with Crippen molar-refractivity contribution in [2.45, 2.75) is 6.92 Å². The van der Waals surface area contributed by atoms with Crippen LogP contribution in [0.2, 0.25) is 5.02 Å². The van der Waals surface area contributed by atoms with Gasteiger partial charge in [-0.25, -0.2) is 4.39 Å². The Kier molecular flexibility index (Phi) is 4.02. The molecule has 1 aromatic heterocycles. The molecule has 0 saturated carbocycles. The Balaban J connectivity index is 2.05. The Morgan fingerprint density at radius 1 is 1.37 bits per heavy atom. The minimum atomic E-state index is -0.653. The first-order valence-corrected chi connectivity index (χ1v) is 5.93. The summed E-state index contributed by atoms with van der Waals surface area (Å²) in [5.41, 5.74) is 0.0396. The Morgan fingerprint density at radius 2 is 2.16 bits per heavy atom. The number of hydrogen-bond donors (Lipinski definition) is 1. The van der Waals surface area contributed by atoms with Crippen LogP contribution in [0.1, 0.15) is 11.5 Å². The lowest BCUT2D eigenvalue weighted by atomic mass is 10.3. The summed E-state index contributed by atoms with van der Waals surface area (Å²) in [6.45, 7) is 1.80. The van der Waals surface area contributed by atoms with E-state index in [1.807, 2.05) is 0 Å². The summed E-state index contributed by atoms with van der Waals surface area (Å²) in [5.74, 6) is 0.190. The highest BCUT2D eigenvalue weighted by Crippen LogP contribution is 2.21. The lowest BCUT2D eigenvalue weighted by Gasteiger charge is -2.04. The Labute approximate surface area is 114 Å². The molecular weight excluding hydrogens is 269 g/mol. The van der Waals surface area contributed by atoms with Gasteiger partial charge in [0.2, 0.25) is 5.91 Å². The fraction of sp³-hybridized carbons (Fsp3) is 0.0714. The number of aryl methyl sites for hydroxylation is 1. The summed E-state index contributed by atoms with van der Waals surface area (Å²) >= 11 is 5.61. The van der Waals surface area contributed by atoms with E-state index >= 15 is 0 Å². The molecule has 2 rings (SSSR count). The fourth-order valence-electron chi connectivity index (χ4n) is 1.48. The number of halogens is 2. The molecule has 2 aromatic rings. The van der Waals surface area contributed by atoms with Crippen molar-refractivity contribution in [3.63, 3.8) is 0 Å². The summed E-state index contributed by atoms with van der Waals surface area (Å²) in [4.78, 5) is 11.6. The van der Waals surface area contributed by atoms with Gasteiger partial charge < -0.3 is 9.73 Å². The molecule has 19 heavy (non-hydrogen) atoms. The molecule has 98 valence electrons. The number of hydrogen-bond acceptors (Lipinski definition) is 2. The van der Waals surface area contributed by atoms with E-state index in [0.29, 0.717) is 5.76 Å². The number of carbonyl (C=O) groups excluding carboxylic acids is 1. The highest BCUT2D eigenvalue weighted by Gasteiger charge is 2.07. The molecule has 0 saturated heterocycles. The van der Waals surface area contributed by atoms with Crippen LogP contribution in [0, 0.1) is 12.7 Å². The molecule has 0 unspecified atom stereocenters. The molecule has 0 spiro atoms. The van der Waals surface area contributed by atoms with Gasteiger partial charge in [-0.2, -0.15) is 0 Å². The maximum absolute atomic E-state index is 13.5. The van der Waals surface area contributed by atoms with Crippen molar-refractivity contribution in [1.82, 2.24) is 0 Å². The van der Waals surface area contributed by atoms with Crippen molar-refractivity contribution in [3.8, 4) is 0 Å². The van der Waals surface area contributed by atoms with Crippen LogP contribution in [0.25, 0.3) is 6.08 Å². The maximum atomic E-state index is 13.5. The van der Waals surface area contributed by atoms with Crippen LogP contribution >= 0.6 is 11.6 Å². The number of amides is 1. The minimum absolute atomic E-state index is 0.0385. The summed E-state index contributed by atoms with van der Waals surface area (Å²) in [5, 5.41) is 2.36. The molecule has 3 nitrogen and oxygen atoms in total. The van der Waals surface area contributed by atoms with Gasteiger partial charge in [0.05, 0.1) is 10.7 Å². The molecule has 1 aromatic carbocycles. The van der Waals surface area contributed by atoms with Crippen molar-refractivity contribution in [1.29, 1.82) is 0 Å². The first-order valence-electron chi connectivity index (χ1n) is 5.56. The average Bonchev–Trinajstić information content (AvgIpc) is 2.78. The molecule has 0 fully saturated rings. The van der Waals surface area contributed by atoms with Crippen molar-refractivity contribution >= 4 is 29.3 Å². The number of nitrogens with one attached hydrogen (secondary N) is 1. The van der Waals surface area contributed by atoms with Gasteiger partial charge in [-0.3, -0.25) is 4.79 Å². The van der Waals surface area contributed by atoms with Gasteiger partial charge in [-0.15, -0.1) is 0 Å². The summed E-state index contributed by atoms with van der Waals surface area (Å²) < 4.78 is 18.8. The second-order valence-electron chi connectivity index (χ2n) is 3.87. The number of rotatable bonds is 3. The first kappa shape index (κ1) is 13.4. The highest BCUT2D eigenvalue weighted by molar-refractivity contribution is 6.31. The van der Waals surface area contributed by atoms with Crippen molar-refractivity contribution in [2.75, 3.05) is 5.32 Å². The molecule has 0 aliphatic carbocycles. The van der Waals surface area contributed by atoms with Gasteiger partial charge in [0.1, 0.15) is 11.5 Å². The van der Waals surface area contributed by atoms with Gasteiger partial charge in [0.15, 0.2) is 5.82 Å². The lowest BCUT2D eigenvalue weighted by molar-refractivity contribution is -0.111. The Hall–Kier alpha value is -2.07. The van der Waals surface area contributed by atoms with Crippen molar-refractivity contribution < 1.29 is 13.6 Å². The zero-order valence-corrected chi connectivity index (χ0v) is 10.9. The van der Waals surface area contributed by atoms with Crippen molar-refractivity contribution in [3.05, 3.63) is 58.8 Å². The summed E-state index contributed by atoms with van der Waals surface area (Å²) in [6.07, 6.45) is 2.77. The molecule has 5 heteroatoms. The summed E-state index contributed by atoms with van der Waals surface area (Å²) in [6, 6.07) is 7.92. The van der Waals surface area contributed by atoms with E-state index in [2.05, 4.69) is 5.32 Å². The van der Waals surface area contributed by atoms with Crippen LogP contribution in [-0.4, -0.2) is 5.91 Å². The minimum Gasteiger partial charge on any atom is -0.462 e. The SMILES string of the molecule is Cc1ccc(/C=C/C(=O)Nc2cccc(Cl)c2F)o1. The third-order valence-corrected chi connectivity index (χ3v) is 2.66. The van der Waals surface area contributed by atoms with Gasteiger partial charge in [-0.05, 0) is 37.3 Å². The number of furan rings is 1. The lowest BCUT2D eigenvalue weighted by Crippen LogP contribution is -2.09. The van der Waals surface area contributed by atoms with Crippen molar-refractivity contribution in [2.24, 2.45) is 0 Å². The van der Waals surface area contributed by atoms with E-state index in [9.17, 15) is 9.18 Å². The second kappa shape index (κ2) is 5.71. The predicted molar refractivity (Wildman–Crippen MR) is 72.5 cm³/mol. The molecule has 0 radical (unpaired) electrons. The predicted octanol–water partition coefficient (Wildman–Crippen LogP) is 4.03. The zero-order chi connectivity index (χ0) is 13.8. The van der Waals surface area contributed by atoms with E-state index < -0.39 is 11.7 Å². The fourth-order valence-corrected chi connectivity index (χ4v) is 1.65. The summed E-state index contributed by atoms with van der Waals surface area (Å²) in [7, 11) is 0. The van der Waals surface area contributed by atoms with E-state index in [4.69, 9.17) is 16.0 Å². The first-order chi connectivity index (χ1) is 9.06. The molecule has 0 aliphatic rings. The van der Waals surface area contributed by atoms with Gasteiger partial charge >= 0.3 is 0 Å². The Bertz CT molecular complexity index is 634. The normalized spacial score (nSPS) is 10.9. The molecule has 1 amide bonds. The third kappa shape index (κ3) is 3.45. The van der Waals surface area contributed by atoms with Crippen LogP contribution in [0.4, 0.5) is 10.1 Å². The van der Waals surface area contributed by atoms with E-state index in [-0.39, 0.29) is 10.7 Å². The third-order valence-electron chi connectivity index (χ3n) is 2.37. The topological polar surface area (TPSA) is 42.2 Å². The largest absolute Gasteiger partial charge is 0.462 e. The molecule has 0 atom stereocenters. The van der Waals surface area contributed by atoms with Crippen LogP contribution in [0.15, 0.2) is 40.8 Å². The highest BCUT2D eigenvalue weighted by atomic mass is 35.5. The smallest absolute Gasteiger partial charge is 0.248 e. The molecular formula is C14H11ClFNO2. The standard InChI is InChI=1S/C14H11ClFNO2/c1-9-5-6-10(19-9)7-8-13(18)17-12-4-2-3-11(15)14(12)16/h2-8H,1H3,(H,17,18)/b8-7+. The maximum Gasteiger partial charge on any atom is 0.248 e. The van der Waals surface area contributed by atoms with Gasteiger partial charge in [0, 0.05) is 6.08 Å². The molecule has 0 aliphatic heterocycles. The monoisotopic (exact) mass is 279 g/mol. The van der Waals surface area contributed by atoms with Gasteiger partial charge in [-0.1, -0.05) is 17.7 Å². The van der Waals surface area contributed by atoms with Gasteiger partial charge in [0.25, 0.3) is 0 Å². The van der Waals surface area contributed by atoms with Crippen LogP contribution < -0.4 is 5.32 Å². The average molecular weight is 280 g/mol. The van der Waals surface area contributed by atoms with Crippen LogP contribution in [0.5, 0.6) is 0 Å². The molecule has 1 N–H and O–H groups in total. The van der Waals surface area contributed by atoms with E-state index in [1.54, 1.807) is 25.1 Å². The molecule has 1 heterocycles. The van der Waals surface area contributed by atoms with E-state index in [1.165, 1.54) is 24.3 Å².